The molecular weight excluding hydrogens is 240 g/mol. The Kier molecular flexibility index (Phi) is 4.52. The molecule has 2 saturated carbocycles. The third-order valence-corrected chi connectivity index (χ3v) is 6.58. The van der Waals surface area contributed by atoms with E-state index in [1.165, 1.54) is 44.9 Å². The predicted octanol–water partition coefficient (Wildman–Crippen LogP) is 6.39. The summed E-state index contributed by atoms with van der Waals surface area (Å²) in [4.78, 5) is 0. The first-order chi connectivity index (χ1) is 9.42. The summed E-state index contributed by atoms with van der Waals surface area (Å²) < 4.78 is 0. The van der Waals surface area contributed by atoms with Crippen molar-refractivity contribution in [2.75, 3.05) is 0 Å². The number of allylic oxidation sites excluding steroid dienone is 2. The van der Waals surface area contributed by atoms with Crippen molar-refractivity contribution < 1.29 is 0 Å². The Hall–Kier alpha value is -0.520. The highest BCUT2D eigenvalue weighted by Gasteiger charge is 2.50. The van der Waals surface area contributed by atoms with Crippen LogP contribution in [0.2, 0.25) is 0 Å². The van der Waals surface area contributed by atoms with E-state index in [2.05, 4.69) is 46.9 Å². The maximum Gasteiger partial charge on any atom is -0.0146 e. The maximum atomic E-state index is 3.00. The van der Waals surface area contributed by atoms with E-state index in [9.17, 15) is 0 Å². The topological polar surface area (TPSA) is 0 Å². The Bertz CT molecular complexity index is 375. The van der Waals surface area contributed by atoms with Crippen LogP contribution < -0.4 is 0 Å². The van der Waals surface area contributed by atoms with Crippen LogP contribution in [0.25, 0.3) is 0 Å². The molecule has 0 aromatic heterocycles. The van der Waals surface area contributed by atoms with E-state index in [0.29, 0.717) is 10.8 Å². The molecule has 3 aliphatic carbocycles. The Labute approximate surface area is 126 Å². The van der Waals surface area contributed by atoms with E-state index < -0.39 is 0 Å². The number of hydrogen-bond acceptors (Lipinski definition) is 0. The third-order valence-electron chi connectivity index (χ3n) is 6.58. The quantitative estimate of drug-likeness (QED) is 0.449. The second-order valence-electron chi connectivity index (χ2n) is 8.43. The number of fused-ring (bicyclic) bond motifs is 3. The predicted molar refractivity (Wildman–Crippen MR) is 89.7 cm³/mol. The molecule has 0 nitrogen and oxygen atoms in total. The smallest absolute Gasteiger partial charge is 0.0146 e. The summed E-state index contributed by atoms with van der Waals surface area (Å²) in [6.07, 6.45) is 12.7. The molecule has 4 atom stereocenters. The SMILES string of the molecule is C=C.C[C@H]1CCC[C@]2(C)C3CCC(C)(C)CC3=CCC12. The van der Waals surface area contributed by atoms with Crippen molar-refractivity contribution in [3.8, 4) is 0 Å². The average molecular weight is 274 g/mol. The van der Waals surface area contributed by atoms with Crippen LogP contribution in [-0.4, -0.2) is 0 Å². The molecule has 2 unspecified atom stereocenters. The van der Waals surface area contributed by atoms with Gasteiger partial charge in [0.05, 0.1) is 0 Å². The Balaban J connectivity index is 0.000000704. The third kappa shape index (κ3) is 2.63. The second kappa shape index (κ2) is 5.70. The molecule has 0 heteroatoms. The highest BCUT2D eigenvalue weighted by molar-refractivity contribution is 5.22. The summed E-state index contributed by atoms with van der Waals surface area (Å²) in [5, 5.41) is 0. The minimum absolute atomic E-state index is 0.561. The molecular formula is C20H34. The Morgan fingerprint density at radius 2 is 1.80 bits per heavy atom. The van der Waals surface area contributed by atoms with E-state index in [0.717, 1.165) is 17.8 Å². The van der Waals surface area contributed by atoms with Crippen LogP contribution in [0, 0.1) is 28.6 Å². The first-order valence-electron chi connectivity index (χ1n) is 8.61. The van der Waals surface area contributed by atoms with Gasteiger partial charge in [-0.05, 0) is 60.7 Å². The van der Waals surface area contributed by atoms with Gasteiger partial charge in [0.2, 0.25) is 0 Å². The molecule has 2 fully saturated rings. The number of rotatable bonds is 0. The lowest BCUT2D eigenvalue weighted by Gasteiger charge is -2.56. The fourth-order valence-corrected chi connectivity index (χ4v) is 5.51. The zero-order chi connectivity index (χ0) is 15.0. The van der Waals surface area contributed by atoms with Crippen molar-refractivity contribution >= 4 is 0 Å². The van der Waals surface area contributed by atoms with Gasteiger partial charge in [-0.1, -0.05) is 52.2 Å². The highest BCUT2D eigenvalue weighted by atomic mass is 14.5. The van der Waals surface area contributed by atoms with Crippen molar-refractivity contribution in [3.63, 3.8) is 0 Å². The van der Waals surface area contributed by atoms with Crippen molar-refractivity contribution in [3.05, 3.63) is 24.8 Å². The molecule has 0 spiro atoms. The summed E-state index contributed by atoms with van der Waals surface area (Å²) in [7, 11) is 0. The fourth-order valence-electron chi connectivity index (χ4n) is 5.51. The van der Waals surface area contributed by atoms with Crippen molar-refractivity contribution in [2.45, 2.75) is 72.6 Å². The van der Waals surface area contributed by atoms with Crippen LogP contribution in [0.3, 0.4) is 0 Å². The first kappa shape index (κ1) is 15.9. The lowest BCUT2D eigenvalue weighted by Crippen LogP contribution is -2.46. The van der Waals surface area contributed by atoms with Gasteiger partial charge in [-0.25, -0.2) is 0 Å². The van der Waals surface area contributed by atoms with Crippen LogP contribution in [0.4, 0.5) is 0 Å². The van der Waals surface area contributed by atoms with Gasteiger partial charge < -0.3 is 0 Å². The number of hydrogen-bond donors (Lipinski definition) is 0. The van der Waals surface area contributed by atoms with E-state index in [1.807, 2.05) is 5.57 Å². The molecule has 0 radical (unpaired) electrons. The van der Waals surface area contributed by atoms with E-state index in [1.54, 1.807) is 0 Å². The van der Waals surface area contributed by atoms with Crippen molar-refractivity contribution in [1.82, 2.24) is 0 Å². The van der Waals surface area contributed by atoms with Crippen LogP contribution >= 0.6 is 0 Å². The van der Waals surface area contributed by atoms with E-state index in [4.69, 9.17) is 0 Å². The van der Waals surface area contributed by atoms with Crippen LogP contribution in [0.5, 0.6) is 0 Å². The summed E-state index contributed by atoms with van der Waals surface area (Å²) in [5.74, 6) is 2.85. The van der Waals surface area contributed by atoms with E-state index in [-0.39, 0.29) is 0 Å². The van der Waals surface area contributed by atoms with Gasteiger partial charge in [0.1, 0.15) is 0 Å². The summed E-state index contributed by atoms with van der Waals surface area (Å²) in [6, 6.07) is 0. The molecule has 0 heterocycles. The van der Waals surface area contributed by atoms with Crippen LogP contribution in [0.15, 0.2) is 24.8 Å². The normalized spacial score (nSPS) is 42.4. The summed E-state index contributed by atoms with van der Waals surface area (Å²) in [5.41, 5.74) is 3.03. The van der Waals surface area contributed by atoms with Crippen molar-refractivity contribution in [1.29, 1.82) is 0 Å². The summed E-state index contributed by atoms with van der Waals surface area (Å²) in [6.45, 7) is 16.1. The van der Waals surface area contributed by atoms with Gasteiger partial charge in [0.15, 0.2) is 0 Å². The van der Waals surface area contributed by atoms with Crippen molar-refractivity contribution in [2.24, 2.45) is 28.6 Å². The van der Waals surface area contributed by atoms with Gasteiger partial charge >= 0.3 is 0 Å². The molecule has 0 aromatic carbocycles. The molecule has 0 bridgehead atoms. The molecule has 0 saturated heterocycles. The summed E-state index contributed by atoms with van der Waals surface area (Å²) >= 11 is 0. The monoisotopic (exact) mass is 274 g/mol. The molecule has 0 amide bonds. The Morgan fingerprint density at radius 3 is 2.50 bits per heavy atom. The van der Waals surface area contributed by atoms with E-state index >= 15 is 0 Å². The highest BCUT2D eigenvalue weighted by Crippen LogP contribution is 2.60. The van der Waals surface area contributed by atoms with Gasteiger partial charge in [-0.2, -0.15) is 0 Å². The van der Waals surface area contributed by atoms with Gasteiger partial charge in [0.25, 0.3) is 0 Å². The van der Waals surface area contributed by atoms with Gasteiger partial charge in [-0.3, -0.25) is 0 Å². The van der Waals surface area contributed by atoms with Gasteiger partial charge in [0, 0.05) is 0 Å². The molecule has 0 aromatic rings. The minimum atomic E-state index is 0.561. The minimum Gasteiger partial charge on any atom is -0.106 e. The zero-order valence-corrected chi connectivity index (χ0v) is 14.2. The maximum absolute atomic E-state index is 3.00. The molecule has 0 N–H and O–H groups in total. The first-order valence-corrected chi connectivity index (χ1v) is 8.61. The molecule has 20 heavy (non-hydrogen) atoms. The Morgan fingerprint density at radius 1 is 1.10 bits per heavy atom. The molecule has 3 rings (SSSR count). The lowest BCUT2D eigenvalue weighted by molar-refractivity contribution is -0.00660. The molecule has 3 aliphatic rings. The fraction of sp³-hybridized carbons (Fsp3) is 0.800. The molecule has 0 aliphatic heterocycles. The van der Waals surface area contributed by atoms with Crippen LogP contribution in [0.1, 0.15) is 72.6 Å². The standard InChI is InChI=1S/C18H30.C2H4/c1-13-6-5-10-18(4)15(13)8-7-14-12-17(2,3)11-9-16(14)18;1-2/h7,13,15-16H,5-6,8-12H2,1-4H3;1-2H2/t13-,15?,16?,18-;/m0./s1. The largest absolute Gasteiger partial charge is 0.106 e. The molecule has 114 valence electrons. The van der Waals surface area contributed by atoms with Crippen LogP contribution in [-0.2, 0) is 0 Å². The second-order valence-corrected chi connectivity index (χ2v) is 8.43. The zero-order valence-electron chi connectivity index (χ0n) is 14.2. The lowest BCUT2D eigenvalue weighted by atomic mass is 9.49. The average Bonchev–Trinajstić information content (AvgIpc) is 2.39. The van der Waals surface area contributed by atoms with Gasteiger partial charge in [-0.15, -0.1) is 13.2 Å².